The van der Waals surface area contributed by atoms with Crippen LogP contribution < -0.4 is 10.6 Å². The number of aliphatic carboxylic acids is 1. The van der Waals surface area contributed by atoms with Crippen LogP contribution >= 0.6 is 0 Å². The molecular weight excluding hydrogens is 296 g/mol. The fraction of sp³-hybridized carbons (Fsp3) is 0.308. The summed E-state index contributed by atoms with van der Waals surface area (Å²) in [5.74, 6) is -4.20. The van der Waals surface area contributed by atoms with Crippen molar-refractivity contribution in [2.75, 3.05) is 6.54 Å². The average Bonchev–Trinajstić information content (AvgIpc) is 2.44. The number of carboxylic acid groups (broad SMARTS) is 1. The number of amides is 2. The van der Waals surface area contributed by atoms with Crippen molar-refractivity contribution in [1.29, 1.82) is 0 Å². The first-order valence-electron chi connectivity index (χ1n) is 6.23. The van der Waals surface area contributed by atoms with E-state index in [-0.39, 0.29) is 5.56 Å². The number of para-hydroxylation sites is 1. The zero-order valence-electron chi connectivity index (χ0n) is 11.6. The Labute approximate surface area is 125 Å². The number of aliphatic hydroxyl groups excluding tert-OH is 1. The Bertz CT molecular complexity index is 586. The van der Waals surface area contributed by atoms with Crippen molar-refractivity contribution in [1.82, 2.24) is 10.6 Å². The van der Waals surface area contributed by atoms with Gasteiger partial charge in [-0.3, -0.25) is 9.59 Å². The predicted octanol–water partition coefficient (Wildman–Crippen LogP) is -1.22. The van der Waals surface area contributed by atoms with E-state index in [9.17, 15) is 29.7 Å². The molecule has 9 heteroatoms. The number of rotatable bonds is 6. The van der Waals surface area contributed by atoms with Gasteiger partial charge in [0.25, 0.3) is 5.91 Å². The van der Waals surface area contributed by atoms with Crippen LogP contribution in [0.2, 0.25) is 0 Å². The number of carbonyl (C=O) groups is 3. The Kier molecular flexibility index (Phi) is 5.70. The molecule has 1 aromatic rings. The Morgan fingerprint density at radius 3 is 2.41 bits per heavy atom. The van der Waals surface area contributed by atoms with Crippen molar-refractivity contribution >= 4 is 17.8 Å². The van der Waals surface area contributed by atoms with Gasteiger partial charge in [0.05, 0.1) is 18.2 Å². The molecule has 2 atom stereocenters. The van der Waals surface area contributed by atoms with Gasteiger partial charge in [0, 0.05) is 0 Å². The molecule has 9 nitrogen and oxygen atoms in total. The smallest absolute Gasteiger partial charge is 0.328 e. The molecule has 0 aromatic heterocycles. The highest BCUT2D eigenvalue weighted by atomic mass is 16.4. The first-order chi connectivity index (χ1) is 10.2. The van der Waals surface area contributed by atoms with Crippen LogP contribution in [0.5, 0.6) is 11.5 Å². The second-order valence-electron chi connectivity index (χ2n) is 4.48. The van der Waals surface area contributed by atoms with Gasteiger partial charge < -0.3 is 31.1 Å². The van der Waals surface area contributed by atoms with Crippen molar-refractivity contribution in [2.24, 2.45) is 0 Å². The number of carbonyl (C=O) groups excluding carboxylic acids is 2. The average molecular weight is 312 g/mol. The van der Waals surface area contributed by atoms with Crippen LogP contribution in [0, 0.1) is 0 Å². The molecule has 0 radical (unpaired) electrons. The summed E-state index contributed by atoms with van der Waals surface area (Å²) in [4.78, 5) is 34.1. The summed E-state index contributed by atoms with van der Waals surface area (Å²) >= 11 is 0. The van der Waals surface area contributed by atoms with Gasteiger partial charge in [-0.1, -0.05) is 6.07 Å². The highest BCUT2D eigenvalue weighted by Crippen LogP contribution is 2.27. The molecular formula is C13H16N2O7. The molecule has 0 unspecified atom stereocenters. The summed E-state index contributed by atoms with van der Waals surface area (Å²) in [6.45, 7) is 0.632. The second kappa shape index (κ2) is 7.27. The van der Waals surface area contributed by atoms with Gasteiger partial charge in [0.15, 0.2) is 17.5 Å². The van der Waals surface area contributed by atoms with E-state index in [4.69, 9.17) is 5.11 Å². The van der Waals surface area contributed by atoms with Gasteiger partial charge in [-0.25, -0.2) is 4.79 Å². The molecule has 0 aliphatic rings. The van der Waals surface area contributed by atoms with Crippen LogP contribution in [0.15, 0.2) is 18.2 Å². The first-order valence-corrected chi connectivity index (χ1v) is 6.23. The van der Waals surface area contributed by atoms with E-state index < -0.39 is 48.0 Å². The number of phenolic OH excluding ortho intramolecular Hbond substituents is 2. The van der Waals surface area contributed by atoms with Crippen LogP contribution in [0.4, 0.5) is 0 Å². The number of nitrogens with one attached hydrogen (secondary N) is 2. The molecule has 2 amide bonds. The van der Waals surface area contributed by atoms with E-state index in [2.05, 4.69) is 5.32 Å². The van der Waals surface area contributed by atoms with Crippen LogP contribution in [-0.2, 0) is 9.59 Å². The molecule has 6 N–H and O–H groups in total. The Morgan fingerprint density at radius 2 is 1.86 bits per heavy atom. The fourth-order valence-corrected chi connectivity index (χ4v) is 1.58. The lowest BCUT2D eigenvalue weighted by Gasteiger charge is -2.17. The number of hydrogen-bond acceptors (Lipinski definition) is 6. The van der Waals surface area contributed by atoms with Crippen molar-refractivity contribution in [3.05, 3.63) is 23.8 Å². The minimum Gasteiger partial charge on any atom is -0.504 e. The number of benzene rings is 1. The zero-order valence-corrected chi connectivity index (χ0v) is 11.6. The van der Waals surface area contributed by atoms with Gasteiger partial charge in [0.1, 0.15) is 0 Å². The Hall–Kier alpha value is -2.81. The zero-order chi connectivity index (χ0) is 16.9. The van der Waals surface area contributed by atoms with Crippen molar-refractivity contribution in [2.45, 2.75) is 19.1 Å². The number of phenols is 2. The van der Waals surface area contributed by atoms with Crippen molar-refractivity contribution in [3.63, 3.8) is 0 Å². The minimum atomic E-state index is -1.50. The van der Waals surface area contributed by atoms with Gasteiger partial charge in [-0.05, 0) is 19.1 Å². The fourth-order valence-electron chi connectivity index (χ4n) is 1.58. The summed E-state index contributed by atoms with van der Waals surface area (Å²) < 4.78 is 0. The highest BCUT2D eigenvalue weighted by molar-refractivity contribution is 5.99. The molecule has 1 aromatic carbocycles. The number of carboxylic acids is 1. The maximum atomic E-state index is 11.7. The molecule has 0 saturated heterocycles. The second-order valence-corrected chi connectivity index (χ2v) is 4.48. The van der Waals surface area contributed by atoms with Gasteiger partial charge in [0.2, 0.25) is 5.91 Å². The maximum absolute atomic E-state index is 11.7. The molecule has 0 heterocycles. The van der Waals surface area contributed by atoms with E-state index in [1.165, 1.54) is 25.1 Å². The van der Waals surface area contributed by atoms with Gasteiger partial charge in [-0.15, -0.1) is 0 Å². The third kappa shape index (κ3) is 4.35. The van der Waals surface area contributed by atoms with E-state index in [0.717, 1.165) is 0 Å². The topological polar surface area (TPSA) is 156 Å². The summed E-state index contributed by atoms with van der Waals surface area (Å²) in [6.07, 6.45) is -1.31. The third-order valence-electron chi connectivity index (χ3n) is 2.73. The molecule has 1 rings (SSSR count). The molecule has 120 valence electrons. The Morgan fingerprint density at radius 1 is 1.23 bits per heavy atom. The summed E-state index contributed by atoms with van der Waals surface area (Å²) in [5, 5.41) is 41.0. The summed E-state index contributed by atoms with van der Waals surface area (Å²) in [6, 6.07) is 2.24. The van der Waals surface area contributed by atoms with Crippen LogP contribution in [0.3, 0.4) is 0 Å². The number of aromatic hydroxyl groups is 2. The van der Waals surface area contributed by atoms with Crippen molar-refractivity contribution < 1.29 is 34.8 Å². The standard InChI is InChI=1S/C13H16N2O7/c1-6(16)10(13(21)22)15-9(18)5-14-12(20)7-3-2-4-8(17)11(7)19/h2-4,6,10,16-17,19H,5H2,1H3,(H,14,20)(H,15,18)(H,21,22)/t6-,10+/m1/s1. The number of aliphatic hydroxyl groups is 1. The molecule has 0 saturated carbocycles. The Balaban J connectivity index is 2.62. The van der Waals surface area contributed by atoms with E-state index in [1.807, 2.05) is 5.32 Å². The van der Waals surface area contributed by atoms with Gasteiger partial charge >= 0.3 is 5.97 Å². The maximum Gasteiger partial charge on any atom is 0.328 e. The normalized spacial score (nSPS) is 13.0. The monoisotopic (exact) mass is 312 g/mol. The summed E-state index contributed by atoms with van der Waals surface area (Å²) in [5.41, 5.74) is -0.238. The predicted molar refractivity (Wildman–Crippen MR) is 73.4 cm³/mol. The minimum absolute atomic E-state index is 0.238. The van der Waals surface area contributed by atoms with E-state index in [0.29, 0.717) is 0 Å². The van der Waals surface area contributed by atoms with E-state index in [1.54, 1.807) is 0 Å². The molecule has 0 aliphatic carbocycles. The van der Waals surface area contributed by atoms with Crippen LogP contribution in [0.1, 0.15) is 17.3 Å². The third-order valence-corrected chi connectivity index (χ3v) is 2.73. The number of hydrogen-bond donors (Lipinski definition) is 6. The molecule has 0 bridgehead atoms. The quantitative estimate of drug-likeness (QED) is 0.359. The lowest BCUT2D eigenvalue weighted by atomic mass is 10.1. The largest absolute Gasteiger partial charge is 0.504 e. The van der Waals surface area contributed by atoms with Crippen molar-refractivity contribution in [3.8, 4) is 11.5 Å². The lowest BCUT2D eigenvalue weighted by Crippen LogP contribution is -2.50. The first kappa shape index (κ1) is 17.2. The van der Waals surface area contributed by atoms with Crippen LogP contribution in [-0.4, -0.2) is 56.9 Å². The molecule has 0 spiro atoms. The SMILES string of the molecule is C[C@@H](O)[C@H](NC(=O)CNC(=O)c1cccc(O)c1O)C(=O)O. The lowest BCUT2D eigenvalue weighted by molar-refractivity contribution is -0.144. The summed E-state index contributed by atoms with van der Waals surface area (Å²) in [7, 11) is 0. The van der Waals surface area contributed by atoms with E-state index >= 15 is 0 Å². The van der Waals surface area contributed by atoms with Crippen LogP contribution in [0.25, 0.3) is 0 Å². The molecule has 0 aliphatic heterocycles. The van der Waals surface area contributed by atoms with Gasteiger partial charge in [-0.2, -0.15) is 0 Å². The molecule has 0 fully saturated rings. The molecule has 22 heavy (non-hydrogen) atoms. The highest BCUT2D eigenvalue weighted by Gasteiger charge is 2.25.